The summed E-state index contributed by atoms with van der Waals surface area (Å²) in [4.78, 5) is 11.8. The van der Waals surface area contributed by atoms with Gasteiger partial charge in [0.2, 0.25) is 0 Å². The normalized spacial score (nSPS) is 23.9. The van der Waals surface area contributed by atoms with Gasteiger partial charge in [0, 0.05) is 13.2 Å². The predicted octanol–water partition coefficient (Wildman–Crippen LogP) is 1.51. The van der Waals surface area contributed by atoms with Gasteiger partial charge in [-0.05, 0) is 20.3 Å². The van der Waals surface area contributed by atoms with Gasteiger partial charge in [-0.1, -0.05) is 11.6 Å². The van der Waals surface area contributed by atoms with Gasteiger partial charge in [-0.25, -0.2) is 4.68 Å². The topological polar surface area (TPSA) is 56.1 Å². The third-order valence-corrected chi connectivity index (χ3v) is 3.37. The summed E-state index contributed by atoms with van der Waals surface area (Å²) in [6, 6.07) is 0.186. The summed E-state index contributed by atoms with van der Waals surface area (Å²) in [7, 11) is 0. The Morgan fingerprint density at radius 1 is 1.71 bits per heavy atom. The molecule has 0 bridgehead atoms. The Bertz CT molecular complexity index is 461. The van der Waals surface area contributed by atoms with Crippen LogP contribution in [0.2, 0.25) is 5.02 Å². The van der Waals surface area contributed by atoms with Gasteiger partial charge in [-0.15, -0.1) is 0 Å². The smallest absolute Gasteiger partial charge is 0.287 e. The molecule has 2 rings (SSSR count). The zero-order valence-corrected chi connectivity index (χ0v) is 10.7. The summed E-state index contributed by atoms with van der Waals surface area (Å²) in [5.41, 5.74) is 0.328. The van der Waals surface area contributed by atoms with Gasteiger partial charge < -0.3 is 10.1 Å². The molecule has 1 aromatic rings. The van der Waals surface area contributed by atoms with E-state index < -0.39 is 0 Å². The molecule has 0 radical (unpaired) electrons. The number of nitrogens with zero attached hydrogens (tertiary/aromatic N) is 2. The van der Waals surface area contributed by atoms with Crippen molar-refractivity contribution in [1.82, 2.24) is 9.78 Å². The van der Waals surface area contributed by atoms with Crippen LogP contribution in [0.15, 0.2) is 11.0 Å². The minimum absolute atomic E-state index is 0.125. The molecule has 1 fully saturated rings. The number of anilines is 1. The summed E-state index contributed by atoms with van der Waals surface area (Å²) in [6.45, 7) is 5.10. The van der Waals surface area contributed by atoms with Crippen LogP contribution in [0.4, 0.5) is 5.69 Å². The fourth-order valence-corrected chi connectivity index (χ4v) is 2.11. The first kappa shape index (κ1) is 12.4. The molecular formula is C11H16ClN3O2. The van der Waals surface area contributed by atoms with E-state index in [2.05, 4.69) is 10.4 Å². The van der Waals surface area contributed by atoms with E-state index >= 15 is 0 Å². The highest BCUT2D eigenvalue weighted by atomic mass is 35.5. The molecule has 0 spiro atoms. The number of hydrogen-bond acceptors (Lipinski definition) is 4. The monoisotopic (exact) mass is 257 g/mol. The molecule has 2 unspecified atom stereocenters. The molecule has 1 N–H and O–H groups in total. The second kappa shape index (κ2) is 5.06. The quantitative estimate of drug-likeness (QED) is 0.892. The SMILES string of the molecule is CCn1ncc(NC2CCOC2C)c(Cl)c1=O. The van der Waals surface area contributed by atoms with Crippen LogP contribution in [0, 0.1) is 0 Å². The Kier molecular flexibility index (Phi) is 3.69. The van der Waals surface area contributed by atoms with Gasteiger partial charge in [0.1, 0.15) is 5.02 Å². The number of halogens is 1. The average Bonchev–Trinajstić information content (AvgIpc) is 2.71. The molecule has 94 valence electrons. The first-order chi connectivity index (χ1) is 8.13. The minimum atomic E-state index is -0.259. The highest BCUT2D eigenvalue weighted by Crippen LogP contribution is 2.22. The lowest BCUT2D eigenvalue weighted by Crippen LogP contribution is -2.29. The summed E-state index contributed by atoms with van der Waals surface area (Å²) >= 11 is 6.03. The first-order valence-corrected chi connectivity index (χ1v) is 6.15. The lowest BCUT2D eigenvalue weighted by molar-refractivity contribution is 0.121. The standard InChI is InChI=1S/C11H16ClN3O2/c1-3-15-11(16)10(12)9(6-13-15)14-8-4-5-17-7(8)2/h6-8,14H,3-5H2,1-2H3. The number of nitrogens with one attached hydrogen (secondary N) is 1. The largest absolute Gasteiger partial charge is 0.377 e. The third-order valence-electron chi connectivity index (χ3n) is 3.00. The molecule has 0 saturated carbocycles. The molecule has 5 nitrogen and oxygen atoms in total. The first-order valence-electron chi connectivity index (χ1n) is 5.77. The fraction of sp³-hybridized carbons (Fsp3) is 0.636. The molecule has 1 saturated heterocycles. The summed E-state index contributed by atoms with van der Waals surface area (Å²) in [6.07, 6.45) is 2.63. The van der Waals surface area contributed by atoms with Gasteiger partial charge >= 0.3 is 0 Å². The van der Waals surface area contributed by atoms with Crippen molar-refractivity contribution in [2.24, 2.45) is 0 Å². The van der Waals surface area contributed by atoms with Crippen molar-refractivity contribution >= 4 is 17.3 Å². The molecule has 2 atom stereocenters. The Morgan fingerprint density at radius 3 is 3.06 bits per heavy atom. The molecule has 6 heteroatoms. The third kappa shape index (κ3) is 2.45. The predicted molar refractivity (Wildman–Crippen MR) is 66.6 cm³/mol. The van der Waals surface area contributed by atoms with Crippen molar-refractivity contribution in [3.63, 3.8) is 0 Å². The Labute approximate surface area is 105 Å². The summed E-state index contributed by atoms with van der Waals surface area (Å²) in [5, 5.41) is 7.45. The van der Waals surface area contributed by atoms with Crippen LogP contribution in [0.25, 0.3) is 0 Å². The number of aryl methyl sites for hydroxylation is 1. The van der Waals surface area contributed by atoms with Gasteiger partial charge in [0.25, 0.3) is 5.56 Å². The second-order valence-electron chi connectivity index (χ2n) is 4.11. The van der Waals surface area contributed by atoms with E-state index in [-0.39, 0.29) is 22.7 Å². The van der Waals surface area contributed by atoms with E-state index in [1.807, 2.05) is 13.8 Å². The van der Waals surface area contributed by atoms with Crippen molar-refractivity contribution in [2.45, 2.75) is 39.0 Å². The number of hydrogen-bond donors (Lipinski definition) is 1. The van der Waals surface area contributed by atoms with Crippen molar-refractivity contribution in [3.05, 3.63) is 21.6 Å². The van der Waals surface area contributed by atoms with Crippen LogP contribution in [-0.2, 0) is 11.3 Å². The van der Waals surface area contributed by atoms with E-state index in [1.165, 1.54) is 4.68 Å². The Hall–Kier alpha value is -1.07. The Morgan fingerprint density at radius 2 is 2.47 bits per heavy atom. The minimum Gasteiger partial charge on any atom is -0.377 e. The van der Waals surface area contributed by atoms with Crippen molar-refractivity contribution in [3.8, 4) is 0 Å². The van der Waals surface area contributed by atoms with Gasteiger partial charge in [-0.3, -0.25) is 4.79 Å². The van der Waals surface area contributed by atoms with E-state index in [9.17, 15) is 4.79 Å². The van der Waals surface area contributed by atoms with Crippen LogP contribution in [0.5, 0.6) is 0 Å². The maximum absolute atomic E-state index is 11.8. The van der Waals surface area contributed by atoms with Gasteiger partial charge in [0.15, 0.2) is 0 Å². The zero-order valence-electron chi connectivity index (χ0n) is 9.94. The lowest BCUT2D eigenvalue weighted by atomic mass is 10.1. The van der Waals surface area contributed by atoms with E-state index in [4.69, 9.17) is 16.3 Å². The molecule has 1 aliphatic heterocycles. The molecule has 17 heavy (non-hydrogen) atoms. The lowest BCUT2D eigenvalue weighted by Gasteiger charge is -2.18. The summed E-state index contributed by atoms with van der Waals surface area (Å²) in [5.74, 6) is 0. The van der Waals surface area contributed by atoms with Crippen LogP contribution in [0.1, 0.15) is 20.3 Å². The van der Waals surface area contributed by atoms with Crippen LogP contribution >= 0.6 is 11.6 Å². The number of aromatic nitrogens is 2. The highest BCUT2D eigenvalue weighted by Gasteiger charge is 2.25. The molecule has 0 aliphatic carbocycles. The zero-order chi connectivity index (χ0) is 12.4. The number of rotatable bonds is 3. The molecule has 1 aliphatic rings. The van der Waals surface area contributed by atoms with Gasteiger partial charge in [0.05, 0.1) is 24.0 Å². The number of ether oxygens (including phenoxy) is 1. The molecule has 0 amide bonds. The molecule has 1 aromatic heterocycles. The summed E-state index contributed by atoms with van der Waals surface area (Å²) < 4.78 is 6.78. The maximum atomic E-state index is 11.8. The fourth-order valence-electron chi connectivity index (χ4n) is 1.91. The Balaban J connectivity index is 2.22. The van der Waals surface area contributed by atoms with Crippen LogP contribution < -0.4 is 10.9 Å². The van der Waals surface area contributed by atoms with Crippen molar-refractivity contribution in [2.75, 3.05) is 11.9 Å². The molecule has 0 aromatic carbocycles. The molecular weight excluding hydrogens is 242 g/mol. The second-order valence-corrected chi connectivity index (χ2v) is 4.49. The van der Waals surface area contributed by atoms with Crippen molar-refractivity contribution < 1.29 is 4.74 Å². The van der Waals surface area contributed by atoms with Crippen molar-refractivity contribution in [1.29, 1.82) is 0 Å². The van der Waals surface area contributed by atoms with Crippen LogP contribution in [0.3, 0.4) is 0 Å². The van der Waals surface area contributed by atoms with Gasteiger partial charge in [-0.2, -0.15) is 5.10 Å². The highest BCUT2D eigenvalue weighted by molar-refractivity contribution is 6.32. The van der Waals surface area contributed by atoms with E-state index in [1.54, 1.807) is 6.20 Å². The van der Waals surface area contributed by atoms with E-state index in [0.717, 1.165) is 13.0 Å². The van der Waals surface area contributed by atoms with Crippen LogP contribution in [-0.4, -0.2) is 28.5 Å². The maximum Gasteiger partial charge on any atom is 0.287 e. The molecule has 2 heterocycles. The van der Waals surface area contributed by atoms with E-state index in [0.29, 0.717) is 12.2 Å². The average molecular weight is 258 g/mol.